The lowest BCUT2D eigenvalue weighted by Gasteiger charge is -2.37. The summed E-state index contributed by atoms with van der Waals surface area (Å²) < 4.78 is 5.33. The van der Waals surface area contributed by atoms with Crippen LogP contribution in [0.3, 0.4) is 0 Å². The number of hydrogen-bond acceptors (Lipinski definition) is 4. The smallest absolute Gasteiger partial charge is 0.233 e. The van der Waals surface area contributed by atoms with Crippen LogP contribution in [-0.2, 0) is 9.53 Å². The molecule has 0 saturated carbocycles. The quantitative estimate of drug-likeness (QED) is 0.747. The molecule has 1 amide bonds. The van der Waals surface area contributed by atoms with E-state index in [9.17, 15) is 4.79 Å². The predicted molar refractivity (Wildman–Crippen MR) is 82.6 cm³/mol. The van der Waals surface area contributed by atoms with Crippen LogP contribution in [0.1, 0.15) is 32.1 Å². The number of likely N-dealkylation sites (tertiary alicyclic amines) is 1. The van der Waals surface area contributed by atoms with E-state index in [0.29, 0.717) is 43.6 Å². The van der Waals surface area contributed by atoms with Crippen molar-refractivity contribution < 1.29 is 9.53 Å². The summed E-state index contributed by atoms with van der Waals surface area (Å²) in [4.78, 5) is 15.2. The number of amides is 1. The number of piperidine rings is 1. The van der Waals surface area contributed by atoms with Gasteiger partial charge in [0.2, 0.25) is 5.91 Å². The molecule has 1 unspecified atom stereocenters. The normalized spacial score (nSPS) is 26.9. The third-order valence-electron chi connectivity index (χ3n) is 4.67. The highest BCUT2D eigenvalue weighted by molar-refractivity contribution is 7.80. The number of nitrogens with one attached hydrogen (secondary N) is 1. The van der Waals surface area contributed by atoms with Gasteiger partial charge in [0.1, 0.15) is 5.41 Å². The summed E-state index contributed by atoms with van der Waals surface area (Å²) in [5.74, 6) is -0.0210. The van der Waals surface area contributed by atoms with Gasteiger partial charge < -0.3 is 20.7 Å². The van der Waals surface area contributed by atoms with Gasteiger partial charge in [0.05, 0.1) is 4.99 Å². The molecule has 0 bridgehead atoms. The zero-order valence-electron chi connectivity index (χ0n) is 12.2. The van der Waals surface area contributed by atoms with E-state index in [1.807, 2.05) is 0 Å². The van der Waals surface area contributed by atoms with Crippen molar-refractivity contribution in [3.8, 4) is 0 Å². The van der Waals surface area contributed by atoms with Gasteiger partial charge in [-0.15, -0.1) is 0 Å². The number of hydrogen-bond donors (Lipinski definition) is 2. The Balaban J connectivity index is 1.93. The summed E-state index contributed by atoms with van der Waals surface area (Å²) >= 11 is 5.15. The zero-order valence-corrected chi connectivity index (χ0v) is 13.0. The second-order valence-electron chi connectivity index (χ2n) is 5.90. The monoisotopic (exact) mass is 299 g/mol. The summed E-state index contributed by atoms with van der Waals surface area (Å²) in [6.07, 6.45) is 4.80. The lowest BCUT2D eigenvalue weighted by Crippen LogP contribution is -2.54. The molecule has 0 aromatic rings. The molecule has 5 nitrogen and oxygen atoms in total. The first kappa shape index (κ1) is 15.7. The average Bonchev–Trinajstić information content (AvgIpc) is 2.46. The summed E-state index contributed by atoms with van der Waals surface area (Å²) in [6, 6.07) is 0.427. The molecule has 0 spiro atoms. The number of thiocarbonyl (C=S) groups is 1. The predicted octanol–water partition coefficient (Wildman–Crippen LogP) is 0.670. The molecule has 2 aliphatic heterocycles. The average molecular weight is 299 g/mol. The molecular weight excluding hydrogens is 274 g/mol. The van der Waals surface area contributed by atoms with Crippen molar-refractivity contribution in [3.05, 3.63) is 0 Å². The lowest BCUT2D eigenvalue weighted by molar-refractivity contribution is -0.131. The van der Waals surface area contributed by atoms with Gasteiger partial charge in [0.15, 0.2) is 0 Å². The maximum Gasteiger partial charge on any atom is 0.233 e. The fourth-order valence-corrected chi connectivity index (χ4v) is 3.38. The molecule has 2 saturated heterocycles. The standard InChI is InChI=1S/C14H25N3O2S/c1-17-7-3-2-4-11(17)10-16-13(18)14(12(15)20)5-8-19-9-6-14/h11H,2-10H2,1H3,(H2,15,20)(H,16,18). The fraction of sp³-hybridized carbons (Fsp3) is 0.857. The van der Waals surface area contributed by atoms with E-state index in [4.69, 9.17) is 22.7 Å². The van der Waals surface area contributed by atoms with Crippen molar-refractivity contribution in [1.29, 1.82) is 0 Å². The van der Waals surface area contributed by atoms with Crippen LogP contribution < -0.4 is 11.1 Å². The number of ether oxygens (including phenoxy) is 1. The molecule has 1 atom stereocenters. The number of likely N-dealkylation sites (N-methyl/N-ethyl adjacent to an activating group) is 1. The van der Waals surface area contributed by atoms with Crippen LogP contribution in [0.25, 0.3) is 0 Å². The minimum atomic E-state index is -0.708. The summed E-state index contributed by atoms with van der Waals surface area (Å²) in [5, 5.41) is 3.07. The number of nitrogens with two attached hydrogens (primary N) is 1. The van der Waals surface area contributed by atoms with Crippen molar-refractivity contribution in [3.63, 3.8) is 0 Å². The second kappa shape index (κ2) is 6.83. The SMILES string of the molecule is CN1CCCCC1CNC(=O)C1(C(N)=S)CCOCC1. The molecule has 0 aliphatic carbocycles. The van der Waals surface area contributed by atoms with Crippen LogP contribution in [0, 0.1) is 5.41 Å². The van der Waals surface area contributed by atoms with Crippen molar-refractivity contribution in [1.82, 2.24) is 10.2 Å². The van der Waals surface area contributed by atoms with Crippen LogP contribution in [0.5, 0.6) is 0 Å². The first-order valence-corrected chi connectivity index (χ1v) is 7.83. The van der Waals surface area contributed by atoms with Crippen LogP contribution >= 0.6 is 12.2 Å². The van der Waals surface area contributed by atoms with Crippen molar-refractivity contribution in [2.45, 2.75) is 38.1 Å². The van der Waals surface area contributed by atoms with Gasteiger partial charge in [-0.3, -0.25) is 4.79 Å². The molecule has 2 aliphatic rings. The molecule has 20 heavy (non-hydrogen) atoms. The first-order valence-electron chi connectivity index (χ1n) is 7.42. The Morgan fingerprint density at radius 1 is 1.45 bits per heavy atom. The Hall–Kier alpha value is -0.720. The van der Waals surface area contributed by atoms with Crippen molar-refractivity contribution in [2.75, 3.05) is 33.4 Å². The van der Waals surface area contributed by atoms with Gasteiger partial charge >= 0.3 is 0 Å². The Bertz CT molecular complexity index is 369. The molecule has 0 aromatic carbocycles. The van der Waals surface area contributed by atoms with Crippen LogP contribution in [-0.4, -0.2) is 55.2 Å². The Labute approximate surface area is 126 Å². The number of carbonyl (C=O) groups is 1. The Morgan fingerprint density at radius 2 is 2.15 bits per heavy atom. The molecular formula is C14H25N3O2S. The van der Waals surface area contributed by atoms with E-state index in [1.54, 1.807) is 0 Å². The minimum Gasteiger partial charge on any atom is -0.392 e. The van der Waals surface area contributed by atoms with Crippen LogP contribution in [0.15, 0.2) is 0 Å². The van der Waals surface area contributed by atoms with E-state index in [-0.39, 0.29) is 5.91 Å². The molecule has 0 radical (unpaired) electrons. The van der Waals surface area contributed by atoms with Crippen LogP contribution in [0.4, 0.5) is 0 Å². The van der Waals surface area contributed by atoms with Gasteiger partial charge in [-0.05, 0) is 39.3 Å². The Morgan fingerprint density at radius 3 is 2.75 bits per heavy atom. The van der Waals surface area contributed by atoms with Gasteiger partial charge in [0.25, 0.3) is 0 Å². The highest BCUT2D eigenvalue weighted by atomic mass is 32.1. The summed E-state index contributed by atoms with van der Waals surface area (Å²) in [6.45, 7) is 2.89. The molecule has 0 aromatic heterocycles. The molecule has 2 fully saturated rings. The molecule has 114 valence electrons. The molecule has 2 heterocycles. The minimum absolute atomic E-state index is 0.0210. The van der Waals surface area contributed by atoms with E-state index in [0.717, 1.165) is 13.0 Å². The van der Waals surface area contributed by atoms with Gasteiger partial charge in [-0.25, -0.2) is 0 Å². The van der Waals surface area contributed by atoms with Crippen molar-refractivity contribution in [2.24, 2.45) is 11.1 Å². The van der Waals surface area contributed by atoms with Crippen LogP contribution in [0.2, 0.25) is 0 Å². The van der Waals surface area contributed by atoms with E-state index in [2.05, 4.69) is 17.3 Å². The maximum absolute atomic E-state index is 12.6. The van der Waals surface area contributed by atoms with Gasteiger partial charge in [-0.1, -0.05) is 18.6 Å². The number of nitrogens with zero attached hydrogens (tertiary/aromatic N) is 1. The largest absolute Gasteiger partial charge is 0.392 e. The van der Waals surface area contributed by atoms with E-state index >= 15 is 0 Å². The van der Waals surface area contributed by atoms with Gasteiger partial charge in [0, 0.05) is 25.8 Å². The molecule has 6 heteroatoms. The third-order valence-corrected chi connectivity index (χ3v) is 5.06. The number of carbonyl (C=O) groups excluding carboxylic acids is 1. The molecule has 3 N–H and O–H groups in total. The number of rotatable bonds is 4. The Kier molecular flexibility index (Phi) is 5.35. The van der Waals surface area contributed by atoms with E-state index in [1.165, 1.54) is 12.8 Å². The van der Waals surface area contributed by atoms with E-state index < -0.39 is 5.41 Å². The molecule has 2 rings (SSSR count). The van der Waals surface area contributed by atoms with Gasteiger partial charge in [-0.2, -0.15) is 0 Å². The lowest BCUT2D eigenvalue weighted by atomic mass is 9.79. The summed E-state index contributed by atoms with van der Waals surface area (Å²) in [7, 11) is 2.12. The summed E-state index contributed by atoms with van der Waals surface area (Å²) in [5.41, 5.74) is 5.14. The third kappa shape index (κ3) is 3.30. The highest BCUT2D eigenvalue weighted by Crippen LogP contribution is 2.31. The highest BCUT2D eigenvalue weighted by Gasteiger charge is 2.43. The first-order chi connectivity index (χ1) is 9.56. The van der Waals surface area contributed by atoms with Crippen molar-refractivity contribution >= 4 is 23.1 Å². The zero-order chi connectivity index (χ0) is 14.6. The second-order valence-corrected chi connectivity index (χ2v) is 6.34. The maximum atomic E-state index is 12.6. The fourth-order valence-electron chi connectivity index (χ4n) is 3.09. The topological polar surface area (TPSA) is 67.6 Å².